The van der Waals surface area contributed by atoms with Crippen LogP contribution in [0.5, 0.6) is 0 Å². The van der Waals surface area contributed by atoms with E-state index in [-0.39, 0.29) is 0 Å². The van der Waals surface area contributed by atoms with Gasteiger partial charge in [-0.15, -0.1) is 0 Å². The fourth-order valence-electron chi connectivity index (χ4n) is 2.95. The van der Waals surface area contributed by atoms with Gasteiger partial charge >= 0.3 is 0 Å². The predicted octanol–water partition coefficient (Wildman–Crippen LogP) is 3.25. The number of aromatic nitrogens is 2. The van der Waals surface area contributed by atoms with Crippen LogP contribution in [0.3, 0.4) is 0 Å². The topological polar surface area (TPSA) is 45.3 Å². The molecule has 1 aliphatic carbocycles. The van der Waals surface area contributed by atoms with Gasteiger partial charge in [-0.1, -0.05) is 37.5 Å². The van der Waals surface area contributed by atoms with Crippen molar-refractivity contribution in [1.29, 1.82) is 0 Å². The van der Waals surface area contributed by atoms with E-state index >= 15 is 0 Å². The molecule has 0 bridgehead atoms. The normalized spacial score (nSPS) is 14.8. The van der Waals surface area contributed by atoms with E-state index in [4.69, 9.17) is 4.18 Å². The molecule has 26 heavy (non-hydrogen) atoms. The molecule has 0 saturated heterocycles. The average molecular weight is 375 g/mol. The molecule has 1 saturated carbocycles. The van der Waals surface area contributed by atoms with Gasteiger partial charge in [0.05, 0.1) is 24.8 Å². The van der Waals surface area contributed by atoms with Crippen LogP contribution in [0.25, 0.3) is 0 Å². The van der Waals surface area contributed by atoms with Crippen LogP contribution in [0.15, 0.2) is 61.5 Å². The largest absolute Gasteiger partial charge is 0.407 e. The molecule has 140 valence electrons. The predicted molar refractivity (Wildman–Crippen MR) is 105 cm³/mol. The summed E-state index contributed by atoms with van der Waals surface area (Å²) >= 11 is 1.54. The molecule has 0 atom stereocenters. The molecule has 7 heteroatoms. The molecule has 0 aliphatic heterocycles. The third-order valence-corrected chi connectivity index (χ3v) is 5.36. The fraction of sp³-hybridized carbons (Fsp3) is 0.421. The minimum atomic E-state index is 0.523. The van der Waals surface area contributed by atoms with Crippen molar-refractivity contribution in [1.82, 2.24) is 15.4 Å². The van der Waals surface area contributed by atoms with Crippen LogP contribution in [-0.4, -0.2) is 9.82 Å². The van der Waals surface area contributed by atoms with Crippen LogP contribution in [-0.2, 0) is 17.9 Å². The van der Waals surface area contributed by atoms with Gasteiger partial charge in [0.25, 0.3) is 0 Å². The van der Waals surface area contributed by atoms with Gasteiger partial charge in [-0.25, -0.2) is 14.3 Å². The SMILES string of the molecule is C=C(NN(NCn1cc[n+](C)c1)c1ccccc1)OSC1CCCCC1. The van der Waals surface area contributed by atoms with Crippen molar-refractivity contribution in [3.63, 3.8) is 0 Å². The quantitative estimate of drug-likeness (QED) is 0.305. The maximum atomic E-state index is 5.81. The Hall–Kier alpha value is -2.12. The highest BCUT2D eigenvalue weighted by Crippen LogP contribution is 2.29. The summed E-state index contributed by atoms with van der Waals surface area (Å²) in [7, 11) is 2.00. The summed E-state index contributed by atoms with van der Waals surface area (Å²) in [5.74, 6) is 0.523. The summed E-state index contributed by atoms with van der Waals surface area (Å²) in [4.78, 5) is 0. The van der Waals surface area contributed by atoms with Gasteiger partial charge in [-0.2, -0.15) is 5.43 Å². The first-order valence-corrected chi connectivity index (χ1v) is 9.90. The molecular weight excluding hydrogens is 346 g/mol. The lowest BCUT2D eigenvalue weighted by Gasteiger charge is -2.27. The molecule has 1 fully saturated rings. The van der Waals surface area contributed by atoms with Crippen molar-refractivity contribution in [2.24, 2.45) is 7.05 Å². The van der Waals surface area contributed by atoms with Gasteiger partial charge in [0, 0.05) is 5.25 Å². The van der Waals surface area contributed by atoms with Crippen LogP contribution in [0.2, 0.25) is 0 Å². The lowest BCUT2D eigenvalue weighted by atomic mass is 10.0. The van der Waals surface area contributed by atoms with Gasteiger partial charge in [-0.3, -0.25) is 5.43 Å². The van der Waals surface area contributed by atoms with Gasteiger partial charge < -0.3 is 4.18 Å². The highest BCUT2D eigenvalue weighted by Gasteiger charge is 2.16. The number of hydrazine groups is 2. The van der Waals surface area contributed by atoms with Crippen molar-refractivity contribution < 1.29 is 8.75 Å². The van der Waals surface area contributed by atoms with E-state index < -0.39 is 0 Å². The molecule has 2 N–H and O–H groups in total. The van der Waals surface area contributed by atoms with Crippen molar-refractivity contribution >= 4 is 17.7 Å². The second kappa shape index (κ2) is 9.54. The molecule has 1 aliphatic rings. The number of rotatable bonds is 9. The highest BCUT2D eigenvalue weighted by molar-refractivity contribution is 7.95. The van der Waals surface area contributed by atoms with E-state index in [1.54, 1.807) is 0 Å². The number of anilines is 1. The molecule has 3 rings (SSSR count). The number of benzene rings is 1. The number of nitrogens with zero attached hydrogens (tertiary/aromatic N) is 3. The molecule has 0 amide bonds. The molecule has 1 heterocycles. The van der Waals surface area contributed by atoms with E-state index in [1.807, 2.05) is 65.8 Å². The average Bonchev–Trinajstić information content (AvgIpc) is 3.10. The minimum absolute atomic E-state index is 0.523. The van der Waals surface area contributed by atoms with E-state index in [1.165, 1.54) is 44.1 Å². The Bertz CT molecular complexity index is 684. The summed E-state index contributed by atoms with van der Waals surface area (Å²) in [6.07, 6.45) is 12.4. The van der Waals surface area contributed by atoms with Gasteiger partial charge in [-0.05, 0) is 31.6 Å². The van der Waals surface area contributed by atoms with Crippen LogP contribution >= 0.6 is 12.0 Å². The summed E-state index contributed by atoms with van der Waals surface area (Å²) in [6, 6.07) is 10.1. The van der Waals surface area contributed by atoms with Crippen LogP contribution in [0, 0.1) is 0 Å². The number of para-hydroxylation sites is 1. The van der Waals surface area contributed by atoms with Crippen LogP contribution in [0.1, 0.15) is 32.1 Å². The molecule has 0 spiro atoms. The second-order valence-corrected chi connectivity index (χ2v) is 7.58. The standard InChI is InChI=1S/C19H28N5OS/c1-17(25-26-19-11-7-4-8-12-19)21-24(18-9-5-3-6-10-18)20-15-23-14-13-22(2)16-23/h3,5-6,9-10,13-14,16,19-21H,1,4,7-8,11-12,15H2,2H3/q+1. The first-order valence-electron chi connectivity index (χ1n) is 9.09. The van der Waals surface area contributed by atoms with E-state index in [2.05, 4.69) is 22.0 Å². The Kier molecular flexibility index (Phi) is 6.85. The van der Waals surface area contributed by atoms with Crippen molar-refractivity contribution in [3.05, 3.63) is 61.5 Å². The number of nitrogens with one attached hydrogen (secondary N) is 2. The van der Waals surface area contributed by atoms with E-state index in [0.29, 0.717) is 17.8 Å². The first kappa shape index (κ1) is 18.7. The summed E-state index contributed by atoms with van der Waals surface area (Å²) in [5, 5.41) is 2.41. The zero-order chi connectivity index (χ0) is 18.2. The first-order chi connectivity index (χ1) is 12.7. The molecule has 1 aromatic heterocycles. The third-order valence-electron chi connectivity index (χ3n) is 4.32. The zero-order valence-corrected chi connectivity index (χ0v) is 16.1. The maximum Gasteiger partial charge on any atom is 0.244 e. The minimum Gasteiger partial charge on any atom is -0.407 e. The highest BCUT2D eigenvalue weighted by atomic mass is 32.2. The number of hydrogen-bond acceptors (Lipinski definition) is 5. The van der Waals surface area contributed by atoms with Crippen molar-refractivity contribution in [3.8, 4) is 0 Å². The maximum absolute atomic E-state index is 5.81. The van der Waals surface area contributed by atoms with Gasteiger partial charge in [0.2, 0.25) is 12.2 Å². The Morgan fingerprint density at radius 1 is 1.31 bits per heavy atom. The second-order valence-electron chi connectivity index (χ2n) is 6.56. The third kappa shape index (κ3) is 5.71. The summed E-state index contributed by atoms with van der Waals surface area (Å²) in [6.45, 7) is 4.63. The van der Waals surface area contributed by atoms with Crippen LogP contribution in [0.4, 0.5) is 5.69 Å². The smallest absolute Gasteiger partial charge is 0.244 e. The monoisotopic (exact) mass is 374 g/mol. The van der Waals surface area contributed by atoms with Crippen LogP contribution < -0.4 is 20.5 Å². The number of hydrogen-bond donors (Lipinski definition) is 2. The van der Waals surface area contributed by atoms with Crippen molar-refractivity contribution in [2.75, 3.05) is 5.12 Å². The Balaban J connectivity index is 1.55. The lowest BCUT2D eigenvalue weighted by Crippen LogP contribution is -2.48. The summed E-state index contributed by atoms with van der Waals surface area (Å²) < 4.78 is 9.87. The van der Waals surface area contributed by atoms with E-state index in [9.17, 15) is 0 Å². The molecular formula is C19H28N5OS+. The molecule has 2 aromatic rings. The molecule has 6 nitrogen and oxygen atoms in total. The Morgan fingerprint density at radius 3 is 2.77 bits per heavy atom. The molecule has 0 unspecified atom stereocenters. The van der Waals surface area contributed by atoms with Gasteiger partial charge in [0.1, 0.15) is 12.4 Å². The number of imidazole rings is 1. The zero-order valence-electron chi connectivity index (χ0n) is 15.3. The van der Waals surface area contributed by atoms with Crippen molar-refractivity contribution in [2.45, 2.75) is 44.0 Å². The number of aryl methyl sites for hydroxylation is 1. The Morgan fingerprint density at radius 2 is 2.08 bits per heavy atom. The molecule has 1 aromatic carbocycles. The molecule has 0 radical (unpaired) electrons. The van der Waals surface area contributed by atoms with Gasteiger partial charge in [0.15, 0.2) is 6.67 Å². The Labute approximate surface area is 160 Å². The fourth-order valence-corrected chi connectivity index (χ4v) is 3.77. The lowest BCUT2D eigenvalue weighted by molar-refractivity contribution is -0.671. The summed E-state index contributed by atoms with van der Waals surface area (Å²) in [5.41, 5.74) is 7.55. The van der Waals surface area contributed by atoms with E-state index in [0.717, 1.165) is 5.69 Å².